The maximum atomic E-state index is 11.5. The van der Waals surface area contributed by atoms with Crippen LogP contribution >= 0.6 is 11.8 Å². The number of carbonyl (C=O) groups is 1. The highest BCUT2D eigenvalue weighted by Crippen LogP contribution is 2.29. The third kappa shape index (κ3) is 2.95. The number of ether oxygens (including phenoxy) is 1. The summed E-state index contributed by atoms with van der Waals surface area (Å²) in [6.45, 7) is 0.683. The van der Waals surface area contributed by atoms with Gasteiger partial charge in [-0.3, -0.25) is 4.68 Å². The van der Waals surface area contributed by atoms with Gasteiger partial charge in [-0.1, -0.05) is 0 Å². The van der Waals surface area contributed by atoms with Gasteiger partial charge in [0.2, 0.25) is 0 Å². The van der Waals surface area contributed by atoms with Crippen molar-refractivity contribution >= 4 is 17.7 Å². The summed E-state index contributed by atoms with van der Waals surface area (Å²) in [5.74, 6) is 2.28. The van der Waals surface area contributed by atoms with E-state index in [1.807, 2.05) is 11.8 Å². The lowest BCUT2D eigenvalue weighted by molar-refractivity contribution is 0.0674. The molecule has 0 radical (unpaired) electrons. The molecule has 0 spiro atoms. The molecule has 20 heavy (non-hydrogen) atoms. The molecule has 1 N–H and O–H groups in total. The van der Waals surface area contributed by atoms with Gasteiger partial charge in [-0.2, -0.15) is 16.9 Å². The average molecular weight is 296 g/mol. The van der Waals surface area contributed by atoms with Crippen LogP contribution in [-0.4, -0.2) is 38.5 Å². The van der Waals surface area contributed by atoms with Gasteiger partial charge in [-0.25, -0.2) is 4.79 Å². The summed E-state index contributed by atoms with van der Waals surface area (Å²) in [4.78, 5) is 11.5. The van der Waals surface area contributed by atoms with E-state index >= 15 is 0 Å². The number of aromatic carboxylic acids is 1. The molecular formula is C14H20N2O3S. The maximum Gasteiger partial charge on any atom is 0.358 e. The summed E-state index contributed by atoms with van der Waals surface area (Å²) in [5, 5.41) is 13.7. The summed E-state index contributed by atoms with van der Waals surface area (Å²) >= 11 is 1.93. The molecule has 1 aromatic heterocycles. The van der Waals surface area contributed by atoms with Gasteiger partial charge in [-0.05, 0) is 49.5 Å². The number of carboxylic acid groups (broad SMARTS) is 1. The lowest BCUT2D eigenvalue weighted by Crippen LogP contribution is -2.18. The maximum absolute atomic E-state index is 11.5. The molecule has 2 heterocycles. The Labute approximate surface area is 122 Å². The minimum atomic E-state index is -0.943. The van der Waals surface area contributed by atoms with Crippen LogP contribution in [0.1, 0.15) is 42.6 Å². The van der Waals surface area contributed by atoms with E-state index in [9.17, 15) is 9.90 Å². The molecule has 2 aliphatic rings. The molecule has 0 bridgehead atoms. The summed E-state index contributed by atoms with van der Waals surface area (Å²) in [7, 11) is 0. The zero-order valence-electron chi connectivity index (χ0n) is 11.5. The molecule has 3 rings (SSSR count). The Hall–Kier alpha value is -1.17. The number of nitrogens with zero attached hydrogens (tertiary/aromatic N) is 2. The summed E-state index contributed by atoms with van der Waals surface area (Å²) in [6, 6.07) is 0. The van der Waals surface area contributed by atoms with Gasteiger partial charge in [0, 0.05) is 6.54 Å². The van der Waals surface area contributed by atoms with Crippen LogP contribution in [0, 0.1) is 5.92 Å². The SMILES string of the molecule is O=C(O)c1c(OC2CCCC2)cnn1CC1CCSC1. The zero-order valence-corrected chi connectivity index (χ0v) is 12.3. The van der Waals surface area contributed by atoms with Gasteiger partial charge >= 0.3 is 5.97 Å². The van der Waals surface area contributed by atoms with Gasteiger partial charge in [-0.15, -0.1) is 0 Å². The van der Waals surface area contributed by atoms with Crippen molar-refractivity contribution in [1.29, 1.82) is 0 Å². The zero-order chi connectivity index (χ0) is 13.9. The molecule has 1 saturated heterocycles. The van der Waals surface area contributed by atoms with Crippen molar-refractivity contribution in [1.82, 2.24) is 9.78 Å². The number of aromatic nitrogens is 2. The minimum absolute atomic E-state index is 0.160. The van der Waals surface area contributed by atoms with E-state index in [1.165, 1.54) is 18.6 Å². The van der Waals surface area contributed by atoms with Crippen molar-refractivity contribution in [3.05, 3.63) is 11.9 Å². The highest BCUT2D eigenvalue weighted by Gasteiger charge is 2.26. The Morgan fingerprint density at radius 1 is 1.45 bits per heavy atom. The fourth-order valence-corrected chi connectivity index (χ4v) is 4.24. The van der Waals surface area contributed by atoms with E-state index in [-0.39, 0.29) is 11.8 Å². The van der Waals surface area contributed by atoms with Crippen LogP contribution in [0.4, 0.5) is 0 Å². The molecule has 5 nitrogen and oxygen atoms in total. The molecule has 1 aromatic rings. The molecule has 1 saturated carbocycles. The predicted molar refractivity (Wildman–Crippen MR) is 77.5 cm³/mol. The average Bonchev–Trinajstić information content (AvgIpc) is 3.12. The first-order valence-corrected chi connectivity index (χ1v) is 8.43. The van der Waals surface area contributed by atoms with Crippen LogP contribution in [0.2, 0.25) is 0 Å². The minimum Gasteiger partial charge on any atom is -0.486 e. The van der Waals surface area contributed by atoms with Gasteiger partial charge < -0.3 is 9.84 Å². The second-order valence-corrected chi connectivity index (χ2v) is 6.75. The van der Waals surface area contributed by atoms with Crippen LogP contribution in [-0.2, 0) is 6.54 Å². The second-order valence-electron chi connectivity index (χ2n) is 5.60. The normalized spacial score (nSPS) is 23.3. The van der Waals surface area contributed by atoms with E-state index in [0.29, 0.717) is 18.2 Å². The molecule has 110 valence electrons. The highest BCUT2D eigenvalue weighted by molar-refractivity contribution is 7.99. The Morgan fingerprint density at radius 2 is 2.25 bits per heavy atom. The third-order valence-electron chi connectivity index (χ3n) is 4.06. The quantitative estimate of drug-likeness (QED) is 0.905. The first-order valence-electron chi connectivity index (χ1n) is 7.27. The fraction of sp³-hybridized carbons (Fsp3) is 0.714. The second kappa shape index (κ2) is 6.08. The number of thioether (sulfide) groups is 1. The van der Waals surface area contributed by atoms with E-state index < -0.39 is 5.97 Å². The van der Waals surface area contributed by atoms with Crippen LogP contribution < -0.4 is 4.74 Å². The van der Waals surface area contributed by atoms with Crippen molar-refractivity contribution in [2.75, 3.05) is 11.5 Å². The van der Waals surface area contributed by atoms with E-state index in [4.69, 9.17) is 4.74 Å². The standard InChI is InChI=1S/C14H20N2O3S/c17-14(18)13-12(19-11-3-1-2-4-11)7-15-16(13)8-10-5-6-20-9-10/h7,10-11H,1-6,8-9H2,(H,17,18). The molecular weight excluding hydrogens is 276 g/mol. The Morgan fingerprint density at radius 3 is 2.90 bits per heavy atom. The molecule has 6 heteroatoms. The van der Waals surface area contributed by atoms with Crippen molar-refractivity contribution in [2.24, 2.45) is 5.92 Å². The van der Waals surface area contributed by atoms with Crippen LogP contribution in [0.15, 0.2) is 6.20 Å². The summed E-state index contributed by atoms with van der Waals surface area (Å²) in [6.07, 6.45) is 7.24. The first-order chi connectivity index (χ1) is 9.74. The smallest absolute Gasteiger partial charge is 0.358 e. The first kappa shape index (κ1) is 13.8. The predicted octanol–water partition coefficient (Wildman–Crippen LogP) is 2.66. The van der Waals surface area contributed by atoms with Gasteiger partial charge in [0.1, 0.15) is 0 Å². The van der Waals surface area contributed by atoms with Crippen molar-refractivity contribution in [2.45, 2.75) is 44.8 Å². The summed E-state index contributed by atoms with van der Waals surface area (Å²) < 4.78 is 7.46. The van der Waals surface area contributed by atoms with E-state index in [0.717, 1.165) is 25.0 Å². The number of hydrogen-bond donors (Lipinski definition) is 1. The number of carboxylic acids is 1. The van der Waals surface area contributed by atoms with E-state index in [1.54, 1.807) is 10.9 Å². The number of hydrogen-bond acceptors (Lipinski definition) is 4. The molecule has 1 unspecified atom stereocenters. The lowest BCUT2D eigenvalue weighted by atomic mass is 10.1. The topological polar surface area (TPSA) is 64.3 Å². The van der Waals surface area contributed by atoms with Crippen molar-refractivity contribution < 1.29 is 14.6 Å². The van der Waals surface area contributed by atoms with Gasteiger partial charge in [0.15, 0.2) is 11.4 Å². The Balaban J connectivity index is 1.75. The molecule has 0 aromatic carbocycles. The van der Waals surface area contributed by atoms with Crippen molar-refractivity contribution in [3.63, 3.8) is 0 Å². The summed E-state index contributed by atoms with van der Waals surface area (Å²) in [5.41, 5.74) is 0.216. The van der Waals surface area contributed by atoms with Gasteiger partial charge in [0.25, 0.3) is 0 Å². The largest absolute Gasteiger partial charge is 0.486 e. The molecule has 1 aliphatic heterocycles. The molecule has 1 atom stereocenters. The van der Waals surface area contributed by atoms with Crippen LogP contribution in [0.3, 0.4) is 0 Å². The third-order valence-corrected chi connectivity index (χ3v) is 5.29. The Bertz CT molecular complexity index is 441. The van der Waals surface area contributed by atoms with E-state index in [2.05, 4.69) is 5.10 Å². The Kier molecular flexibility index (Phi) is 4.19. The molecule has 1 aliphatic carbocycles. The molecule has 2 fully saturated rings. The van der Waals surface area contributed by atoms with Crippen LogP contribution in [0.25, 0.3) is 0 Å². The molecule has 0 amide bonds. The highest BCUT2D eigenvalue weighted by atomic mass is 32.2. The van der Waals surface area contributed by atoms with Crippen molar-refractivity contribution in [3.8, 4) is 5.75 Å². The van der Waals surface area contributed by atoms with Crippen LogP contribution in [0.5, 0.6) is 5.75 Å². The monoisotopic (exact) mass is 296 g/mol. The number of rotatable bonds is 5. The fourth-order valence-electron chi connectivity index (χ4n) is 2.97. The lowest BCUT2D eigenvalue weighted by Gasteiger charge is -2.13. The van der Waals surface area contributed by atoms with Gasteiger partial charge in [0.05, 0.1) is 12.3 Å².